The number of pyridine rings is 3. The van der Waals surface area contributed by atoms with Crippen molar-refractivity contribution in [1.82, 2.24) is 20.3 Å². The van der Waals surface area contributed by atoms with Gasteiger partial charge in [-0.15, -0.1) is 0 Å². The molecule has 3 aliphatic rings. The molecule has 0 aromatic carbocycles. The lowest BCUT2D eigenvalue weighted by atomic mass is 10.1. The summed E-state index contributed by atoms with van der Waals surface area (Å²) in [6.45, 7) is 2.93. The van der Waals surface area contributed by atoms with E-state index in [4.69, 9.17) is 18.9 Å². The first-order valence-electron chi connectivity index (χ1n) is 12.2. The molecular formula is C26H26N6O5. The molecule has 2 N–H and O–H groups in total. The average Bonchev–Trinajstić information content (AvgIpc) is 3.29. The largest absolute Gasteiger partial charge is 0.485 e. The normalized spacial score (nSPS) is 18.4. The number of fused-ring (bicyclic) bond motifs is 1. The summed E-state index contributed by atoms with van der Waals surface area (Å²) in [5, 5.41) is 6.40. The topological polar surface area (TPSA) is 120 Å². The molecule has 3 aliphatic heterocycles. The lowest BCUT2D eigenvalue weighted by Gasteiger charge is -2.26. The van der Waals surface area contributed by atoms with Crippen LogP contribution in [0.15, 0.2) is 61.3 Å². The van der Waals surface area contributed by atoms with E-state index in [1.807, 2.05) is 24.3 Å². The number of nitrogens with zero attached hydrogens (tertiary/aromatic N) is 4. The Morgan fingerprint density at radius 3 is 2.95 bits per heavy atom. The van der Waals surface area contributed by atoms with Gasteiger partial charge in [0, 0.05) is 36.8 Å². The van der Waals surface area contributed by atoms with Crippen molar-refractivity contribution in [1.29, 1.82) is 0 Å². The summed E-state index contributed by atoms with van der Waals surface area (Å²) in [4.78, 5) is 27.4. The molecule has 0 bridgehead atoms. The molecule has 0 unspecified atom stereocenters. The van der Waals surface area contributed by atoms with Gasteiger partial charge >= 0.3 is 6.09 Å². The van der Waals surface area contributed by atoms with E-state index in [0.29, 0.717) is 56.7 Å². The maximum absolute atomic E-state index is 12.4. The Bertz CT molecular complexity index is 1310. The minimum atomic E-state index is -0.400. The van der Waals surface area contributed by atoms with E-state index in [9.17, 15) is 4.79 Å². The van der Waals surface area contributed by atoms with Crippen molar-refractivity contribution in [3.05, 3.63) is 66.9 Å². The molecule has 0 saturated carbocycles. The highest BCUT2D eigenvalue weighted by atomic mass is 16.6. The Hall–Kier alpha value is -4.22. The number of rotatable bonds is 9. The highest BCUT2D eigenvalue weighted by Crippen LogP contribution is 2.30. The van der Waals surface area contributed by atoms with Gasteiger partial charge in [-0.3, -0.25) is 14.9 Å². The van der Waals surface area contributed by atoms with Gasteiger partial charge in [0.15, 0.2) is 11.6 Å². The van der Waals surface area contributed by atoms with Gasteiger partial charge in [0.25, 0.3) is 0 Å². The fourth-order valence-electron chi connectivity index (χ4n) is 4.19. The zero-order valence-corrected chi connectivity index (χ0v) is 20.0. The van der Waals surface area contributed by atoms with Crippen molar-refractivity contribution in [2.24, 2.45) is 0 Å². The molecule has 37 heavy (non-hydrogen) atoms. The van der Waals surface area contributed by atoms with Crippen LogP contribution in [0.4, 0.5) is 16.4 Å². The van der Waals surface area contributed by atoms with Crippen molar-refractivity contribution in [3.8, 4) is 22.8 Å². The molecule has 190 valence electrons. The summed E-state index contributed by atoms with van der Waals surface area (Å²) >= 11 is 0. The lowest BCUT2D eigenvalue weighted by Crippen LogP contribution is -2.38. The highest BCUT2D eigenvalue weighted by Gasteiger charge is 2.33. The number of hydrogen-bond donors (Lipinski definition) is 2. The van der Waals surface area contributed by atoms with Crippen LogP contribution in [0.2, 0.25) is 0 Å². The van der Waals surface area contributed by atoms with Crippen LogP contribution in [-0.4, -0.2) is 59.6 Å². The summed E-state index contributed by atoms with van der Waals surface area (Å²) in [7, 11) is 0. The van der Waals surface area contributed by atoms with Crippen molar-refractivity contribution in [2.45, 2.75) is 25.2 Å². The van der Waals surface area contributed by atoms with E-state index in [1.165, 1.54) is 0 Å². The van der Waals surface area contributed by atoms with Gasteiger partial charge in [0.2, 0.25) is 0 Å². The number of carbonyl (C=O) groups excluding carboxylic acids is 1. The van der Waals surface area contributed by atoms with Crippen LogP contribution >= 0.6 is 0 Å². The van der Waals surface area contributed by atoms with E-state index in [2.05, 4.69) is 25.6 Å². The van der Waals surface area contributed by atoms with E-state index in [0.717, 1.165) is 22.7 Å². The number of amides is 1. The van der Waals surface area contributed by atoms with Crippen molar-refractivity contribution >= 4 is 17.7 Å². The van der Waals surface area contributed by atoms with Gasteiger partial charge in [0.1, 0.15) is 30.0 Å². The molecule has 3 aromatic rings. The van der Waals surface area contributed by atoms with E-state index in [1.54, 1.807) is 41.9 Å². The van der Waals surface area contributed by atoms with Crippen LogP contribution in [0, 0.1) is 0 Å². The fraction of sp³-hybridized carbons (Fsp3) is 0.308. The second-order valence-corrected chi connectivity index (χ2v) is 8.85. The van der Waals surface area contributed by atoms with Gasteiger partial charge in [-0.25, -0.2) is 9.78 Å². The minimum absolute atomic E-state index is 0.108. The molecule has 0 aliphatic carbocycles. The second kappa shape index (κ2) is 10.4. The first-order valence-corrected chi connectivity index (χ1v) is 12.2. The molecule has 6 heterocycles. The quantitative estimate of drug-likeness (QED) is 0.422. The van der Waals surface area contributed by atoms with Crippen LogP contribution in [-0.2, 0) is 16.0 Å². The molecule has 2 fully saturated rings. The highest BCUT2D eigenvalue weighted by molar-refractivity contribution is 5.89. The second-order valence-electron chi connectivity index (χ2n) is 8.85. The monoisotopic (exact) mass is 502 g/mol. The maximum atomic E-state index is 12.4. The predicted octanol–water partition coefficient (Wildman–Crippen LogP) is 3.10. The van der Waals surface area contributed by atoms with Gasteiger partial charge < -0.3 is 29.6 Å². The Morgan fingerprint density at radius 2 is 2.05 bits per heavy atom. The minimum Gasteiger partial charge on any atom is -0.485 e. The van der Waals surface area contributed by atoms with E-state index < -0.39 is 6.09 Å². The third-order valence-corrected chi connectivity index (χ3v) is 6.18. The van der Waals surface area contributed by atoms with E-state index >= 15 is 0 Å². The van der Waals surface area contributed by atoms with Crippen molar-refractivity contribution in [3.63, 3.8) is 0 Å². The Morgan fingerprint density at radius 1 is 1.14 bits per heavy atom. The molecule has 3 aromatic heterocycles. The number of carbonyl (C=O) groups is 1. The average molecular weight is 503 g/mol. The van der Waals surface area contributed by atoms with Crippen LogP contribution in [0.1, 0.15) is 12.1 Å². The van der Waals surface area contributed by atoms with Crippen LogP contribution in [0.5, 0.6) is 11.5 Å². The number of nitrogens with one attached hydrogen (secondary N) is 2. The summed E-state index contributed by atoms with van der Waals surface area (Å²) in [5.41, 5.74) is 2.69. The SMILES string of the molecule is O=C1O[C@@H](CCNCc2cc(-c3cc(OC4COC4)ccn3)ccn2)CN1c1ccc2c(n1)NC=CO2. The van der Waals surface area contributed by atoms with Crippen molar-refractivity contribution in [2.75, 3.05) is 36.5 Å². The summed E-state index contributed by atoms with van der Waals surface area (Å²) < 4.78 is 22.0. The zero-order chi connectivity index (χ0) is 25.0. The first kappa shape index (κ1) is 23.2. The summed E-state index contributed by atoms with van der Waals surface area (Å²) in [6.07, 6.45) is 6.86. The Kier molecular flexibility index (Phi) is 6.53. The number of aromatic nitrogens is 3. The third kappa shape index (κ3) is 5.32. The third-order valence-electron chi connectivity index (χ3n) is 6.18. The van der Waals surface area contributed by atoms with Gasteiger partial charge in [-0.1, -0.05) is 0 Å². The van der Waals surface area contributed by atoms with Gasteiger partial charge in [-0.2, -0.15) is 0 Å². The first-order chi connectivity index (χ1) is 18.2. The Labute approximate surface area is 213 Å². The fourth-order valence-corrected chi connectivity index (χ4v) is 4.19. The van der Waals surface area contributed by atoms with Crippen LogP contribution < -0.4 is 25.0 Å². The van der Waals surface area contributed by atoms with Gasteiger partial charge in [0.05, 0.1) is 31.1 Å². The smallest absolute Gasteiger partial charge is 0.415 e. The molecule has 6 rings (SSSR count). The van der Waals surface area contributed by atoms with Gasteiger partial charge in [-0.05, 0) is 43.3 Å². The molecule has 0 spiro atoms. The summed E-state index contributed by atoms with van der Waals surface area (Å²) in [6, 6.07) is 11.3. The molecule has 2 saturated heterocycles. The van der Waals surface area contributed by atoms with Crippen LogP contribution in [0.3, 0.4) is 0 Å². The number of ether oxygens (including phenoxy) is 4. The number of cyclic esters (lactones) is 1. The van der Waals surface area contributed by atoms with Crippen LogP contribution in [0.25, 0.3) is 11.3 Å². The van der Waals surface area contributed by atoms with Crippen molar-refractivity contribution < 1.29 is 23.7 Å². The number of hydrogen-bond acceptors (Lipinski definition) is 10. The molecular weight excluding hydrogens is 476 g/mol. The number of anilines is 2. The standard InChI is InChI=1S/C26H26N6O5/c33-26-32(24-2-1-23-25(31-24)30-9-10-35-23)14-20(37-26)4-6-27-13-18-11-17(3-7-28-18)22-12-19(5-8-29-22)36-21-15-34-16-21/h1-3,5,7-12,20-21,27H,4,6,13-16H2,(H,30,31)/t20-/m0/s1. The molecule has 1 amide bonds. The lowest BCUT2D eigenvalue weighted by molar-refractivity contribution is -0.0796. The zero-order valence-electron chi connectivity index (χ0n) is 20.0. The molecule has 0 radical (unpaired) electrons. The van der Waals surface area contributed by atoms with E-state index in [-0.39, 0.29) is 12.2 Å². The molecule has 11 heteroatoms. The Balaban J connectivity index is 0.999. The molecule has 11 nitrogen and oxygen atoms in total. The summed E-state index contributed by atoms with van der Waals surface area (Å²) in [5.74, 6) is 2.48. The predicted molar refractivity (Wildman–Crippen MR) is 134 cm³/mol. The molecule has 1 atom stereocenters. The maximum Gasteiger partial charge on any atom is 0.415 e.